The monoisotopic (exact) mass is 300 g/mol. The van der Waals surface area contributed by atoms with Crippen LogP contribution in [0.1, 0.15) is 22.5 Å². The summed E-state index contributed by atoms with van der Waals surface area (Å²) in [4.78, 5) is 0. The fourth-order valence-electron chi connectivity index (χ4n) is 1.71. The van der Waals surface area contributed by atoms with E-state index in [2.05, 4.69) is 20.5 Å². The number of hydrogen-bond donors (Lipinski definition) is 2. The molecule has 0 unspecified atom stereocenters. The van der Waals surface area contributed by atoms with Gasteiger partial charge in [0, 0.05) is 6.20 Å². The van der Waals surface area contributed by atoms with E-state index in [1.807, 2.05) is 0 Å². The number of halogens is 3. The van der Waals surface area contributed by atoms with Crippen LogP contribution >= 0.6 is 0 Å². The molecule has 0 saturated heterocycles. The lowest BCUT2D eigenvalue weighted by Gasteiger charge is -2.11. The van der Waals surface area contributed by atoms with E-state index < -0.39 is 11.9 Å². The third-order valence-corrected chi connectivity index (χ3v) is 2.90. The summed E-state index contributed by atoms with van der Waals surface area (Å²) in [6, 6.07) is 0.799. The molecule has 10 heteroatoms. The lowest BCUT2D eigenvalue weighted by Crippen LogP contribution is -2.21. The third kappa shape index (κ3) is 2.64. The molecule has 2 aromatic rings. The van der Waals surface area contributed by atoms with Gasteiger partial charge in [0.15, 0.2) is 17.3 Å². The number of hydrogen-bond acceptors (Lipinski definition) is 5. The average molecular weight is 300 g/mol. The Morgan fingerprint density at radius 3 is 2.52 bits per heavy atom. The van der Waals surface area contributed by atoms with Crippen LogP contribution in [0.2, 0.25) is 0 Å². The highest BCUT2D eigenvalue weighted by molar-refractivity contribution is 6.01. The molecular formula is C11H11F3N6O. The van der Waals surface area contributed by atoms with Crippen LogP contribution in [-0.4, -0.2) is 31.0 Å². The van der Waals surface area contributed by atoms with Crippen molar-refractivity contribution < 1.29 is 18.4 Å². The molecule has 0 saturated carbocycles. The summed E-state index contributed by atoms with van der Waals surface area (Å²) >= 11 is 0. The topological polar surface area (TPSA) is 102 Å². The number of nitrogens with zero attached hydrogens (tertiary/aromatic N) is 5. The van der Waals surface area contributed by atoms with E-state index in [-0.39, 0.29) is 17.2 Å². The molecule has 0 aliphatic rings. The van der Waals surface area contributed by atoms with E-state index in [1.165, 1.54) is 0 Å². The average Bonchev–Trinajstić information content (AvgIpc) is 2.90. The number of alkyl halides is 3. The van der Waals surface area contributed by atoms with Crippen molar-refractivity contribution in [3.63, 3.8) is 0 Å². The molecule has 2 heterocycles. The molecule has 112 valence electrons. The minimum Gasteiger partial charge on any atom is -0.409 e. The van der Waals surface area contributed by atoms with Crippen molar-refractivity contribution in [2.24, 2.45) is 10.9 Å². The van der Waals surface area contributed by atoms with Crippen LogP contribution in [-0.2, 0) is 6.18 Å². The molecule has 2 rings (SSSR count). The summed E-state index contributed by atoms with van der Waals surface area (Å²) in [7, 11) is 0. The molecule has 0 bridgehead atoms. The van der Waals surface area contributed by atoms with E-state index >= 15 is 0 Å². The lowest BCUT2D eigenvalue weighted by atomic mass is 10.1. The van der Waals surface area contributed by atoms with Gasteiger partial charge in [-0.25, -0.2) is 4.68 Å². The SMILES string of the molecule is Cc1nnc(-n2ccc(C(F)(F)F)n2)c(C(N)=NO)c1C. The number of aryl methyl sites for hydroxylation is 1. The smallest absolute Gasteiger partial charge is 0.409 e. The van der Waals surface area contributed by atoms with Crippen molar-refractivity contribution in [2.75, 3.05) is 0 Å². The van der Waals surface area contributed by atoms with Crippen LogP contribution < -0.4 is 5.73 Å². The maximum absolute atomic E-state index is 12.6. The fraction of sp³-hybridized carbons (Fsp3) is 0.273. The first-order valence-corrected chi connectivity index (χ1v) is 5.70. The van der Waals surface area contributed by atoms with Crippen LogP contribution in [0.15, 0.2) is 17.4 Å². The minimum absolute atomic E-state index is 0.0519. The molecule has 0 aromatic carbocycles. The van der Waals surface area contributed by atoms with Crippen molar-refractivity contribution in [3.05, 3.63) is 34.8 Å². The summed E-state index contributed by atoms with van der Waals surface area (Å²) < 4.78 is 38.6. The fourth-order valence-corrected chi connectivity index (χ4v) is 1.71. The van der Waals surface area contributed by atoms with Gasteiger partial charge in [0.05, 0.1) is 11.3 Å². The number of rotatable bonds is 2. The van der Waals surface area contributed by atoms with Crippen molar-refractivity contribution in [2.45, 2.75) is 20.0 Å². The van der Waals surface area contributed by atoms with Gasteiger partial charge in [0.25, 0.3) is 0 Å². The normalized spacial score (nSPS) is 12.7. The molecule has 3 N–H and O–H groups in total. The Morgan fingerprint density at radius 2 is 2.00 bits per heavy atom. The summed E-state index contributed by atoms with van der Waals surface area (Å²) in [5.74, 6) is -0.339. The summed E-state index contributed by atoms with van der Waals surface area (Å²) in [6.07, 6.45) is -3.50. The van der Waals surface area contributed by atoms with Crippen molar-refractivity contribution in [3.8, 4) is 5.82 Å². The van der Waals surface area contributed by atoms with Crippen LogP contribution in [0.25, 0.3) is 5.82 Å². The molecule has 0 amide bonds. The molecular weight excluding hydrogens is 289 g/mol. The van der Waals surface area contributed by atoms with Crippen molar-refractivity contribution >= 4 is 5.84 Å². The second-order valence-electron chi connectivity index (χ2n) is 4.24. The van der Waals surface area contributed by atoms with Crippen molar-refractivity contribution in [1.29, 1.82) is 0 Å². The van der Waals surface area contributed by atoms with Gasteiger partial charge >= 0.3 is 6.18 Å². The minimum atomic E-state index is -4.57. The number of amidine groups is 1. The molecule has 0 atom stereocenters. The summed E-state index contributed by atoms with van der Waals surface area (Å²) in [5, 5.41) is 22.7. The van der Waals surface area contributed by atoms with Crippen molar-refractivity contribution in [1.82, 2.24) is 20.0 Å². The van der Waals surface area contributed by atoms with Gasteiger partial charge < -0.3 is 10.9 Å². The Hall–Kier alpha value is -2.65. The Balaban J connectivity index is 2.65. The van der Waals surface area contributed by atoms with Gasteiger partial charge in [0.2, 0.25) is 0 Å². The number of nitrogens with two attached hydrogens (primary N) is 1. The Labute approximate surface area is 116 Å². The first kappa shape index (κ1) is 14.8. The van der Waals surface area contributed by atoms with E-state index in [9.17, 15) is 13.2 Å². The lowest BCUT2D eigenvalue weighted by molar-refractivity contribution is -0.141. The highest BCUT2D eigenvalue weighted by atomic mass is 19.4. The van der Waals surface area contributed by atoms with E-state index in [1.54, 1.807) is 13.8 Å². The Morgan fingerprint density at radius 1 is 1.33 bits per heavy atom. The van der Waals surface area contributed by atoms with Gasteiger partial charge in [-0.1, -0.05) is 5.16 Å². The van der Waals surface area contributed by atoms with Gasteiger partial charge in [-0.3, -0.25) is 0 Å². The summed E-state index contributed by atoms with van der Waals surface area (Å²) in [5.41, 5.74) is 5.69. The zero-order valence-electron chi connectivity index (χ0n) is 11.0. The zero-order valence-corrected chi connectivity index (χ0v) is 11.0. The molecule has 7 nitrogen and oxygen atoms in total. The van der Waals surface area contributed by atoms with Gasteiger partial charge in [0.1, 0.15) is 0 Å². The molecule has 0 aliphatic carbocycles. The molecule has 0 spiro atoms. The largest absolute Gasteiger partial charge is 0.435 e. The highest BCUT2D eigenvalue weighted by Crippen LogP contribution is 2.28. The molecule has 0 aliphatic heterocycles. The van der Waals surface area contributed by atoms with Crippen LogP contribution in [0, 0.1) is 13.8 Å². The maximum atomic E-state index is 12.6. The Bertz CT molecular complexity index is 706. The first-order chi connectivity index (χ1) is 9.75. The second kappa shape index (κ2) is 5.04. The molecule has 2 aromatic heterocycles. The second-order valence-corrected chi connectivity index (χ2v) is 4.24. The predicted molar refractivity (Wildman–Crippen MR) is 66.1 cm³/mol. The van der Waals surface area contributed by atoms with Gasteiger partial charge in [-0.2, -0.15) is 23.4 Å². The van der Waals surface area contributed by atoms with Crippen LogP contribution in [0.3, 0.4) is 0 Å². The van der Waals surface area contributed by atoms with E-state index in [0.29, 0.717) is 11.3 Å². The first-order valence-electron chi connectivity index (χ1n) is 5.70. The molecule has 0 fully saturated rings. The zero-order chi connectivity index (χ0) is 15.8. The number of oxime groups is 1. The van der Waals surface area contributed by atoms with Crippen LogP contribution in [0.5, 0.6) is 0 Å². The van der Waals surface area contributed by atoms with Gasteiger partial charge in [-0.05, 0) is 25.5 Å². The third-order valence-electron chi connectivity index (χ3n) is 2.90. The van der Waals surface area contributed by atoms with Gasteiger partial charge in [-0.15, -0.1) is 5.10 Å². The predicted octanol–water partition coefficient (Wildman–Crippen LogP) is 1.39. The van der Waals surface area contributed by atoms with E-state index in [4.69, 9.17) is 10.9 Å². The highest BCUT2D eigenvalue weighted by Gasteiger charge is 2.34. The maximum Gasteiger partial charge on any atom is 0.435 e. The van der Waals surface area contributed by atoms with Crippen LogP contribution in [0.4, 0.5) is 13.2 Å². The van der Waals surface area contributed by atoms with E-state index in [0.717, 1.165) is 16.9 Å². The quantitative estimate of drug-likeness (QED) is 0.378. The molecule has 0 radical (unpaired) electrons. The Kier molecular flexibility index (Phi) is 3.54. The standard InChI is InChI=1S/C11H11F3N6O/c1-5-6(2)16-17-10(8(5)9(15)19-21)20-4-3-7(18-20)11(12,13)14/h3-4,21H,1-2H3,(H2,15,19). The molecule has 21 heavy (non-hydrogen) atoms. The summed E-state index contributed by atoms with van der Waals surface area (Å²) in [6.45, 7) is 3.28. The number of aromatic nitrogens is 4.